The number of halogens is 1. The normalized spacial score (nSPS) is 21.8. The van der Waals surface area contributed by atoms with Gasteiger partial charge in [-0.05, 0) is 43.7 Å². The summed E-state index contributed by atoms with van der Waals surface area (Å²) in [7, 11) is 0.0782. The van der Waals surface area contributed by atoms with Crippen molar-refractivity contribution in [2.75, 3.05) is 57.3 Å². The number of hydrogen-bond acceptors (Lipinski definition) is 8. The second-order valence-corrected chi connectivity index (χ2v) is 11.4. The number of pyridine rings is 1. The molecule has 0 bridgehead atoms. The number of hydrogen-bond donors (Lipinski definition) is 2. The summed E-state index contributed by atoms with van der Waals surface area (Å²) in [5.74, 6) is 6.65. The largest absolute Gasteiger partial charge is 0.495 e. The maximum Gasteiger partial charge on any atom is 0.175 e. The maximum atomic E-state index is 14.7. The molecule has 37 heavy (non-hydrogen) atoms. The van der Waals surface area contributed by atoms with Crippen LogP contribution in [0.2, 0.25) is 0 Å². The molecule has 2 aliphatic rings. The van der Waals surface area contributed by atoms with Gasteiger partial charge in [0.15, 0.2) is 15.5 Å². The quantitative estimate of drug-likeness (QED) is 0.358. The highest BCUT2D eigenvalue weighted by molar-refractivity contribution is 7.90. The molecule has 2 saturated heterocycles. The van der Waals surface area contributed by atoms with Crippen LogP contribution in [-0.4, -0.2) is 81.6 Å². The first kappa shape index (κ1) is 25.3. The Labute approximate surface area is 215 Å². The SMILES string of the molecule is COc1cc(S(C)(=O)=O)ccc1NCC#Cc1nc2c(N[C@@H]3CCN(C)C[C@@H]3F)cccn2c1[C@@H]1CO1. The minimum absolute atomic E-state index is 0.0802. The van der Waals surface area contributed by atoms with Gasteiger partial charge in [0, 0.05) is 31.6 Å². The fraction of sp³-hybridized carbons (Fsp3) is 0.423. The lowest BCUT2D eigenvalue weighted by atomic mass is 10.0. The average molecular weight is 528 g/mol. The molecule has 0 amide bonds. The van der Waals surface area contributed by atoms with Crippen molar-refractivity contribution >= 4 is 26.9 Å². The lowest BCUT2D eigenvalue weighted by molar-refractivity contribution is 0.149. The Hall–Kier alpha value is -3.33. The minimum Gasteiger partial charge on any atom is -0.495 e. The van der Waals surface area contributed by atoms with Crippen LogP contribution in [0.1, 0.15) is 23.9 Å². The number of aromatic nitrogens is 2. The van der Waals surface area contributed by atoms with Crippen molar-refractivity contribution in [3.63, 3.8) is 0 Å². The van der Waals surface area contributed by atoms with Crippen LogP contribution in [0.15, 0.2) is 41.4 Å². The Morgan fingerprint density at radius 2 is 2.11 bits per heavy atom. The molecule has 9 nitrogen and oxygen atoms in total. The van der Waals surface area contributed by atoms with Gasteiger partial charge < -0.3 is 25.0 Å². The van der Waals surface area contributed by atoms with E-state index in [1.807, 2.05) is 34.7 Å². The van der Waals surface area contributed by atoms with E-state index in [4.69, 9.17) is 14.5 Å². The molecule has 0 unspecified atom stereocenters. The van der Waals surface area contributed by atoms with Crippen molar-refractivity contribution in [3.8, 4) is 17.6 Å². The van der Waals surface area contributed by atoms with Crippen LogP contribution >= 0.6 is 0 Å². The van der Waals surface area contributed by atoms with E-state index < -0.39 is 16.0 Å². The zero-order chi connectivity index (χ0) is 26.2. The van der Waals surface area contributed by atoms with Crippen molar-refractivity contribution in [2.24, 2.45) is 0 Å². The van der Waals surface area contributed by atoms with E-state index in [9.17, 15) is 12.8 Å². The summed E-state index contributed by atoms with van der Waals surface area (Å²) < 4.78 is 51.2. The molecule has 2 aliphatic heterocycles. The van der Waals surface area contributed by atoms with E-state index in [2.05, 4.69) is 22.5 Å². The van der Waals surface area contributed by atoms with Gasteiger partial charge in [-0.25, -0.2) is 17.8 Å². The number of anilines is 2. The molecule has 5 rings (SSSR count). The Morgan fingerprint density at radius 3 is 2.81 bits per heavy atom. The number of piperidine rings is 1. The van der Waals surface area contributed by atoms with E-state index in [0.29, 0.717) is 42.4 Å². The molecule has 0 spiro atoms. The average Bonchev–Trinajstić information content (AvgIpc) is 3.63. The molecule has 2 fully saturated rings. The minimum atomic E-state index is -3.34. The number of sulfone groups is 1. The number of nitrogens with zero attached hydrogens (tertiary/aromatic N) is 3. The molecule has 2 aromatic heterocycles. The van der Waals surface area contributed by atoms with E-state index in [0.717, 1.165) is 24.2 Å². The molecule has 0 aliphatic carbocycles. The molecular weight excluding hydrogens is 497 g/mol. The number of nitrogens with one attached hydrogen (secondary N) is 2. The Kier molecular flexibility index (Phi) is 6.98. The van der Waals surface area contributed by atoms with Crippen LogP contribution in [0.3, 0.4) is 0 Å². The number of methoxy groups -OCH3 is 1. The summed E-state index contributed by atoms with van der Waals surface area (Å²) in [6.07, 6.45) is 2.74. The smallest absolute Gasteiger partial charge is 0.175 e. The third-order valence-corrected chi connectivity index (χ3v) is 7.70. The van der Waals surface area contributed by atoms with Gasteiger partial charge in [-0.3, -0.25) is 4.40 Å². The fourth-order valence-electron chi connectivity index (χ4n) is 4.54. The molecule has 4 heterocycles. The fourth-order valence-corrected chi connectivity index (χ4v) is 5.18. The van der Waals surface area contributed by atoms with Crippen molar-refractivity contribution in [2.45, 2.75) is 29.6 Å². The zero-order valence-corrected chi connectivity index (χ0v) is 21.8. The number of likely N-dealkylation sites (tertiary alicyclic amines) is 1. The van der Waals surface area contributed by atoms with E-state index >= 15 is 0 Å². The number of rotatable bonds is 7. The van der Waals surface area contributed by atoms with Gasteiger partial charge in [-0.1, -0.05) is 5.92 Å². The van der Waals surface area contributed by atoms with Gasteiger partial charge in [0.05, 0.1) is 48.3 Å². The van der Waals surface area contributed by atoms with Crippen LogP contribution in [0, 0.1) is 11.8 Å². The maximum absolute atomic E-state index is 14.7. The van der Waals surface area contributed by atoms with Crippen LogP contribution in [0.5, 0.6) is 5.75 Å². The van der Waals surface area contributed by atoms with Crippen molar-refractivity contribution < 1.29 is 22.3 Å². The zero-order valence-electron chi connectivity index (χ0n) is 21.0. The summed E-state index contributed by atoms with van der Waals surface area (Å²) >= 11 is 0. The predicted molar refractivity (Wildman–Crippen MR) is 140 cm³/mol. The van der Waals surface area contributed by atoms with Crippen LogP contribution in [0.4, 0.5) is 15.8 Å². The monoisotopic (exact) mass is 527 g/mol. The molecule has 11 heteroatoms. The summed E-state index contributed by atoms with van der Waals surface area (Å²) in [6.45, 7) is 2.13. The number of fused-ring (bicyclic) bond motifs is 1. The third kappa shape index (κ3) is 5.51. The molecule has 2 N–H and O–H groups in total. The molecular formula is C26H30FN5O4S. The van der Waals surface area contributed by atoms with E-state index in [-0.39, 0.29) is 23.6 Å². The summed E-state index contributed by atoms with van der Waals surface area (Å²) in [4.78, 5) is 6.97. The molecule has 3 atom stereocenters. The Morgan fingerprint density at radius 1 is 1.30 bits per heavy atom. The van der Waals surface area contributed by atoms with Crippen molar-refractivity contribution in [3.05, 3.63) is 47.9 Å². The van der Waals surface area contributed by atoms with Gasteiger partial charge in [0.2, 0.25) is 0 Å². The van der Waals surface area contributed by atoms with Gasteiger partial charge >= 0.3 is 0 Å². The standard InChI is InChI=1S/C26H30FN5O4S/c1-31-13-10-19(18(27)15-31)29-22-7-5-12-32-25(24-16-36-24)21(30-26(22)32)6-4-11-28-20-9-8-17(37(3,33)34)14-23(20)35-2/h5,7-9,12,14,18-19,24,28-29H,10-11,13,15-16H2,1-3H3/t18-,19+,24-/m0/s1. The third-order valence-electron chi connectivity index (χ3n) is 6.59. The summed E-state index contributed by atoms with van der Waals surface area (Å²) in [5, 5.41) is 6.54. The highest BCUT2D eigenvalue weighted by Gasteiger charge is 2.33. The van der Waals surface area contributed by atoms with Crippen LogP contribution in [-0.2, 0) is 14.6 Å². The molecule has 3 aromatic rings. The van der Waals surface area contributed by atoms with Gasteiger partial charge in [-0.2, -0.15) is 0 Å². The molecule has 0 saturated carbocycles. The topological polar surface area (TPSA) is 100 Å². The Balaban J connectivity index is 1.37. The highest BCUT2D eigenvalue weighted by Crippen LogP contribution is 2.34. The summed E-state index contributed by atoms with van der Waals surface area (Å²) in [6, 6.07) is 8.22. The molecule has 1 aromatic carbocycles. The number of alkyl halides is 1. The first-order valence-corrected chi connectivity index (χ1v) is 14.0. The first-order valence-electron chi connectivity index (χ1n) is 12.1. The number of ether oxygens (including phenoxy) is 2. The Bertz CT molecular complexity index is 1480. The second-order valence-electron chi connectivity index (χ2n) is 9.39. The highest BCUT2D eigenvalue weighted by atomic mass is 32.2. The molecule has 0 radical (unpaired) electrons. The summed E-state index contributed by atoms with van der Waals surface area (Å²) in [5.41, 5.74) is 3.58. The lowest BCUT2D eigenvalue weighted by Crippen LogP contribution is -2.46. The lowest BCUT2D eigenvalue weighted by Gasteiger charge is -2.33. The van der Waals surface area contributed by atoms with Gasteiger partial charge in [-0.15, -0.1) is 0 Å². The predicted octanol–water partition coefficient (Wildman–Crippen LogP) is 2.74. The number of benzene rings is 1. The first-order chi connectivity index (χ1) is 17.7. The number of imidazole rings is 1. The van der Waals surface area contributed by atoms with Gasteiger partial charge in [0.25, 0.3) is 0 Å². The van der Waals surface area contributed by atoms with E-state index in [1.54, 1.807) is 6.07 Å². The van der Waals surface area contributed by atoms with Crippen LogP contribution in [0.25, 0.3) is 5.65 Å². The van der Waals surface area contributed by atoms with Crippen molar-refractivity contribution in [1.82, 2.24) is 14.3 Å². The van der Waals surface area contributed by atoms with Crippen LogP contribution < -0.4 is 15.4 Å². The second kappa shape index (κ2) is 10.2. The van der Waals surface area contributed by atoms with E-state index in [1.165, 1.54) is 19.2 Å². The van der Waals surface area contributed by atoms with Crippen molar-refractivity contribution in [1.29, 1.82) is 0 Å². The molecule has 196 valence electrons. The van der Waals surface area contributed by atoms with Gasteiger partial charge in [0.1, 0.15) is 23.7 Å². The number of epoxide rings is 1.